The number of nitrogens with one attached hydrogen (secondary N) is 2. The number of pyridine rings is 1. The number of nitrogens with zero attached hydrogens (tertiary/aromatic N) is 2. The molecule has 0 fully saturated rings. The number of carbonyl (C=O) groups is 2. The van der Waals surface area contributed by atoms with Crippen LogP contribution in [-0.4, -0.2) is 33.8 Å². The van der Waals surface area contributed by atoms with Crippen LogP contribution in [0, 0.1) is 12.8 Å². The molecule has 23 heavy (non-hydrogen) atoms. The van der Waals surface area contributed by atoms with E-state index in [9.17, 15) is 9.59 Å². The molecule has 124 valence electrons. The fraction of sp³-hybridized carbons (Fsp3) is 0.438. The van der Waals surface area contributed by atoms with Gasteiger partial charge in [0, 0.05) is 11.9 Å². The van der Waals surface area contributed by atoms with E-state index >= 15 is 0 Å². The van der Waals surface area contributed by atoms with Crippen molar-refractivity contribution < 1.29 is 9.59 Å². The van der Waals surface area contributed by atoms with Crippen molar-refractivity contribution in [1.29, 1.82) is 0 Å². The molecule has 1 atom stereocenters. The van der Waals surface area contributed by atoms with E-state index in [-0.39, 0.29) is 24.3 Å². The number of amides is 2. The van der Waals surface area contributed by atoms with Crippen LogP contribution >= 0.6 is 0 Å². The normalized spacial score (nSPS) is 12.4. The Morgan fingerprint density at radius 3 is 2.70 bits per heavy atom. The van der Waals surface area contributed by atoms with Crippen LogP contribution in [0.15, 0.2) is 24.4 Å². The third-order valence-corrected chi connectivity index (χ3v) is 3.66. The second-order valence-corrected chi connectivity index (χ2v) is 5.89. The minimum absolute atomic E-state index is 0.0271. The number of hydrogen-bond donors (Lipinski definition) is 3. The van der Waals surface area contributed by atoms with Gasteiger partial charge in [0.05, 0.1) is 24.8 Å². The molecule has 0 aliphatic heterocycles. The van der Waals surface area contributed by atoms with Crippen LogP contribution in [0.3, 0.4) is 0 Å². The Balaban J connectivity index is 1.84. The van der Waals surface area contributed by atoms with Crippen molar-refractivity contribution in [2.24, 2.45) is 11.7 Å². The maximum Gasteiger partial charge on any atom is 0.239 e. The van der Waals surface area contributed by atoms with E-state index in [1.807, 2.05) is 49.6 Å². The third kappa shape index (κ3) is 4.29. The highest BCUT2D eigenvalue weighted by Gasteiger charge is 2.17. The van der Waals surface area contributed by atoms with E-state index in [0.717, 1.165) is 17.0 Å². The molecule has 7 nitrogen and oxygen atoms in total. The van der Waals surface area contributed by atoms with Crippen LogP contribution in [0.2, 0.25) is 0 Å². The molecule has 2 aromatic heterocycles. The first-order valence-corrected chi connectivity index (χ1v) is 7.62. The monoisotopic (exact) mass is 317 g/mol. The van der Waals surface area contributed by atoms with Gasteiger partial charge in [0.25, 0.3) is 0 Å². The molecule has 2 aromatic rings. The van der Waals surface area contributed by atoms with Crippen molar-refractivity contribution in [3.63, 3.8) is 0 Å². The fourth-order valence-electron chi connectivity index (χ4n) is 2.12. The van der Waals surface area contributed by atoms with Crippen molar-refractivity contribution in [2.75, 3.05) is 6.54 Å². The molecule has 0 unspecified atom stereocenters. The third-order valence-electron chi connectivity index (χ3n) is 3.66. The number of aromatic nitrogens is 2. The maximum atomic E-state index is 11.8. The second-order valence-electron chi connectivity index (χ2n) is 5.89. The summed E-state index contributed by atoms with van der Waals surface area (Å²) < 4.78 is 1.96. The van der Waals surface area contributed by atoms with Crippen LogP contribution in [0.5, 0.6) is 0 Å². The summed E-state index contributed by atoms with van der Waals surface area (Å²) in [5.74, 6) is -0.569. The van der Waals surface area contributed by atoms with Gasteiger partial charge in [0.15, 0.2) is 0 Å². The van der Waals surface area contributed by atoms with E-state index < -0.39 is 6.04 Å². The molecule has 2 heterocycles. The number of hydrogen-bond acceptors (Lipinski definition) is 4. The fourth-order valence-corrected chi connectivity index (χ4v) is 2.12. The topological polar surface area (TPSA) is 102 Å². The number of rotatable bonds is 6. The van der Waals surface area contributed by atoms with Crippen molar-refractivity contribution in [3.8, 4) is 0 Å². The largest absolute Gasteiger partial charge is 0.349 e. The molecule has 0 radical (unpaired) electrons. The van der Waals surface area contributed by atoms with E-state index in [1.54, 1.807) is 0 Å². The summed E-state index contributed by atoms with van der Waals surface area (Å²) in [6.07, 6.45) is 1.89. The van der Waals surface area contributed by atoms with E-state index in [2.05, 4.69) is 15.6 Å². The van der Waals surface area contributed by atoms with Gasteiger partial charge < -0.3 is 20.8 Å². The Morgan fingerprint density at radius 1 is 1.30 bits per heavy atom. The van der Waals surface area contributed by atoms with Crippen molar-refractivity contribution in [2.45, 2.75) is 33.4 Å². The van der Waals surface area contributed by atoms with Gasteiger partial charge in [-0.2, -0.15) is 0 Å². The lowest BCUT2D eigenvalue weighted by atomic mass is 10.1. The molecule has 2 rings (SSSR count). The number of carbonyl (C=O) groups excluding carboxylic acids is 2. The Kier molecular flexibility index (Phi) is 5.33. The summed E-state index contributed by atoms with van der Waals surface area (Å²) in [4.78, 5) is 27.9. The van der Waals surface area contributed by atoms with Gasteiger partial charge in [0.1, 0.15) is 5.65 Å². The minimum Gasteiger partial charge on any atom is -0.349 e. The average Bonchev–Trinajstić information content (AvgIpc) is 2.94. The summed E-state index contributed by atoms with van der Waals surface area (Å²) in [5.41, 5.74) is 8.38. The van der Waals surface area contributed by atoms with Crippen molar-refractivity contribution in [1.82, 2.24) is 20.0 Å². The summed E-state index contributed by atoms with van der Waals surface area (Å²) >= 11 is 0. The highest BCUT2D eigenvalue weighted by Crippen LogP contribution is 2.08. The number of fused-ring (bicyclic) bond motifs is 1. The highest BCUT2D eigenvalue weighted by molar-refractivity contribution is 5.87. The lowest BCUT2D eigenvalue weighted by Crippen LogP contribution is -2.47. The predicted octanol–water partition coefficient (Wildman–Crippen LogP) is 0.358. The Morgan fingerprint density at radius 2 is 2.04 bits per heavy atom. The first-order chi connectivity index (χ1) is 10.9. The zero-order valence-electron chi connectivity index (χ0n) is 13.7. The Bertz CT molecular complexity index is 708. The molecule has 0 bridgehead atoms. The van der Waals surface area contributed by atoms with Gasteiger partial charge in [-0.15, -0.1) is 0 Å². The molecule has 0 aliphatic carbocycles. The summed E-state index contributed by atoms with van der Waals surface area (Å²) in [5, 5.41) is 5.27. The van der Waals surface area contributed by atoms with Crippen LogP contribution in [-0.2, 0) is 16.1 Å². The predicted molar refractivity (Wildman–Crippen MR) is 87.6 cm³/mol. The summed E-state index contributed by atoms with van der Waals surface area (Å²) in [7, 11) is 0. The molecule has 4 N–H and O–H groups in total. The van der Waals surface area contributed by atoms with Crippen LogP contribution in [0.25, 0.3) is 5.65 Å². The van der Waals surface area contributed by atoms with Gasteiger partial charge in [-0.3, -0.25) is 9.59 Å². The molecule has 2 amide bonds. The number of aryl methyl sites for hydroxylation is 1. The van der Waals surface area contributed by atoms with E-state index in [4.69, 9.17) is 5.73 Å². The number of imidazole rings is 1. The van der Waals surface area contributed by atoms with Crippen LogP contribution < -0.4 is 16.4 Å². The summed E-state index contributed by atoms with van der Waals surface area (Å²) in [6, 6.07) is 5.23. The van der Waals surface area contributed by atoms with Crippen molar-refractivity contribution >= 4 is 17.5 Å². The highest BCUT2D eigenvalue weighted by atomic mass is 16.2. The Hall–Kier alpha value is -2.41. The molecule has 0 aliphatic rings. The second kappa shape index (κ2) is 7.23. The van der Waals surface area contributed by atoms with E-state index in [1.165, 1.54) is 0 Å². The number of nitrogens with two attached hydrogens (primary N) is 1. The standard InChI is InChI=1S/C16H23N5O2/c1-10(2)15(17)16(23)19-8-14(22)18-7-12-9-21-11(3)5-4-6-13(21)20-12/h4-6,9-10,15H,7-8,17H2,1-3H3,(H,18,22)(H,19,23)/t15-/m0/s1. The first kappa shape index (κ1) is 17.0. The summed E-state index contributed by atoms with van der Waals surface area (Å²) in [6.45, 7) is 5.92. The van der Waals surface area contributed by atoms with Crippen molar-refractivity contribution in [3.05, 3.63) is 35.8 Å². The molecule has 0 saturated carbocycles. The van der Waals surface area contributed by atoms with Crippen LogP contribution in [0.4, 0.5) is 0 Å². The molecule has 0 spiro atoms. The van der Waals surface area contributed by atoms with E-state index in [0.29, 0.717) is 6.54 Å². The first-order valence-electron chi connectivity index (χ1n) is 7.62. The molecule has 0 saturated heterocycles. The lowest BCUT2D eigenvalue weighted by Gasteiger charge is -2.14. The van der Waals surface area contributed by atoms with Crippen LogP contribution in [0.1, 0.15) is 25.2 Å². The zero-order valence-corrected chi connectivity index (χ0v) is 13.7. The van der Waals surface area contributed by atoms with Gasteiger partial charge >= 0.3 is 0 Å². The molecule has 0 aromatic carbocycles. The van der Waals surface area contributed by atoms with Gasteiger partial charge in [-0.1, -0.05) is 19.9 Å². The average molecular weight is 317 g/mol. The smallest absolute Gasteiger partial charge is 0.239 e. The molecular formula is C16H23N5O2. The van der Waals surface area contributed by atoms with Gasteiger partial charge in [-0.05, 0) is 25.0 Å². The maximum absolute atomic E-state index is 11.8. The lowest BCUT2D eigenvalue weighted by molar-refractivity contribution is -0.127. The molecular weight excluding hydrogens is 294 g/mol. The van der Waals surface area contributed by atoms with Gasteiger partial charge in [-0.25, -0.2) is 4.98 Å². The SMILES string of the molecule is Cc1cccc2nc(CNC(=O)CNC(=O)[C@@H](N)C(C)C)cn12. The van der Waals surface area contributed by atoms with Gasteiger partial charge in [0.2, 0.25) is 11.8 Å². The molecule has 7 heteroatoms. The quantitative estimate of drug-likeness (QED) is 0.716. The zero-order chi connectivity index (χ0) is 17.0. The Labute approximate surface area is 135 Å². The minimum atomic E-state index is -0.607.